The number of primary amides is 1. The second-order valence-corrected chi connectivity index (χ2v) is 10.0. The highest BCUT2D eigenvalue weighted by molar-refractivity contribution is 5.73. The number of nitrogens with two attached hydrogens (primary N) is 1. The Labute approximate surface area is 212 Å². The lowest BCUT2D eigenvalue weighted by atomic mass is 10.0. The van der Waals surface area contributed by atoms with E-state index in [2.05, 4.69) is 32.8 Å². The Kier molecular flexibility index (Phi) is 30.9. The molecule has 1 heterocycles. The predicted molar refractivity (Wildman–Crippen MR) is 147 cm³/mol. The van der Waals surface area contributed by atoms with Gasteiger partial charge >= 0.3 is 5.97 Å². The van der Waals surface area contributed by atoms with E-state index in [9.17, 15) is 9.59 Å². The second kappa shape index (κ2) is 29.9. The Morgan fingerprint density at radius 2 is 1.21 bits per heavy atom. The summed E-state index contributed by atoms with van der Waals surface area (Å²) in [5, 5.41) is 0. The third-order valence-corrected chi connectivity index (χ3v) is 5.99. The van der Waals surface area contributed by atoms with E-state index in [1.165, 1.54) is 103 Å². The van der Waals surface area contributed by atoms with Crippen molar-refractivity contribution in [1.29, 1.82) is 0 Å². The molecule has 5 nitrogen and oxygen atoms in total. The van der Waals surface area contributed by atoms with Gasteiger partial charge in [0.05, 0.1) is 6.61 Å². The average Bonchev–Trinajstić information content (AvgIpc) is 3.04. The first-order chi connectivity index (χ1) is 16.4. The summed E-state index contributed by atoms with van der Waals surface area (Å²) in [7, 11) is 4.17. The summed E-state index contributed by atoms with van der Waals surface area (Å²) in [6, 6.07) is 0. The fourth-order valence-corrected chi connectivity index (χ4v) is 3.92. The largest absolute Gasteiger partial charge is 0.466 e. The average molecular weight is 485 g/mol. The summed E-state index contributed by atoms with van der Waals surface area (Å²) in [5.74, 6) is -0.179. The van der Waals surface area contributed by atoms with Gasteiger partial charge in [0.1, 0.15) is 0 Å². The second-order valence-electron chi connectivity index (χ2n) is 10.0. The van der Waals surface area contributed by atoms with Crippen LogP contribution in [0.2, 0.25) is 0 Å². The molecule has 0 unspecified atom stereocenters. The first-order valence-corrected chi connectivity index (χ1v) is 14.5. The van der Waals surface area contributed by atoms with Crippen molar-refractivity contribution in [1.82, 2.24) is 4.90 Å². The van der Waals surface area contributed by atoms with Crippen molar-refractivity contribution < 1.29 is 14.3 Å². The van der Waals surface area contributed by atoms with Crippen LogP contribution in [-0.4, -0.2) is 44.0 Å². The van der Waals surface area contributed by atoms with Gasteiger partial charge in [0.25, 0.3) is 0 Å². The normalized spacial score (nSPS) is 13.3. The van der Waals surface area contributed by atoms with Gasteiger partial charge in [0.2, 0.25) is 5.91 Å². The number of hydrogen-bond donors (Lipinski definition) is 1. The van der Waals surface area contributed by atoms with Gasteiger partial charge in [-0.2, -0.15) is 0 Å². The molecule has 5 heteroatoms. The minimum Gasteiger partial charge on any atom is -0.466 e. The Bertz CT molecular complexity index is 418. The van der Waals surface area contributed by atoms with Crippen molar-refractivity contribution in [3.05, 3.63) is 0 Å². The van der Waals surface area contributed by atoms with Gasteiger partial charge in [-0.3, -0.25) is 9.59 Å². The molecule has 0 saturated carbocycles. The maximum absolute atomic E-state index is 10.6. The summed E-state index contributed by atoms with van der Waals surface area (Å²) in [6.07, 6.45) is 26.0. The fourth-order valence-electron chi connectivity index (χ4n) is 3.92. The van der Waals surface area contributed by atoms with Crippen LogP contribution in [0.4, 0.5) is 0 Å². The van der Waals surface area contributed by atoms with Crippen molar-refractivity contribution in [3.8, 4) is 0 Å². The Hall–Kier alpha value is -1.10. The molecular formula is C29H60N2O3. The van der Waals surface area contributed by atoms with Crippen LogP contribution in [-0.2, 0) is 14.3 Å². The van der Waals surface area contributed by atoms with Gasteiger partial charge in [-0.25, -0.2) is 0 Å². The lowest BCUT2D eigenvalue weighted by molar-refractivity contribution is -0.142. The molecule has 1 amide bonds. The molecule has 0 atom stereocenters. The number of hydrogen-bond acceptors (Lipinski definition) is 4. The van der Waals surface area contributed by atoms with E-state index in [4.69, 9.17) is 10.5 Å². The zero-order valence-corrected chi connectivity index (χ0v) is 23.5. The summed E-state index contributed by atoms with van der Waals surface area (Å²) >= 11 is 0. The lowest BCUT2D eigenvalue weighted by Crippen LogP contribution is -2.11. The Morgan fingerprint density at radius 3 is 1.59 bits per heavy atom. The molecule has 0 bridgehead atoms. The number of amides is 1. The van der Waals surface area contributed by atoms with Crippen LogP contribution in [0, 0.1) is 0 Å². The van der Waals surface area contributed by atoms with E-state index in [0.29, 0.717) is 19.4 Å². The van der Waals surface area contributed by atoms with Gasteiger partial charge in [0, 0.05) is 12.8 Å². The van der Waals surface area contributed by atoms with Crippen LogP contribution in [0.1, 0.15) is 149 Å². The first-order valence-electron chi connectivity index (χ1n) is 14.5. The number of unbranched alkanes of at least 4 members (excludes halogenated alkanes) is 14. The Balaban J connectivity index is 0. The number of carbonyl (C=O) groups excluding carboxylic acids is 2. The molecule has 1 fully saturated rings. The fraction of sp³-hybridized carbons (Fsp3) is 0.931. The van der Waals surface area contributed by atoms with Crippen molar-refractivity contribution in [3.63, 3.8) is 0 Å². The SMILES string of the molecule is CCCCCCCCCCCCCCCCCC(N)=O.CCCN(C)C.O=C1CCCCCO1. The molecule has 0 aromatic carbocycles. The highest BCUT2D eigenvalue weighted by Gasteiger charge is 2.05. The minimum atomic E-state index is -0.153. The molecule has 0 radical (unpaired) electrons. The highest BCUT2D eigenvalue weighted by atomic mass is 16.5. The van der Waals surface area contributed by atoms with Crippen molar-refractivity contribution >= 4 is 11.9 Å². The molecule has 1 aliphatic heterocycles. The highest BCUT2D eigenvalue weighted by Crippen LogP contribution is 2.13. The first kappa shape index (κ1) is 35.1. The van der Waals surface area contributed by atoms with E-state index < -0.39 is 0 Å². The van der Waals surface area contributed by atoms with E-state index in [1.54, 1.807) is 0 Å². The zero-order valence-electron chi connectivity index (χ0n) is 23.5. The minimum absolute atomic E-state index is 0.0255. The van der Waals surface area contributed by atoms with Gasteiger partial charge < -0.3 is 15.4 Å². The van der Waals surface area contributed by atoms with Gasteiger partial charge in [-0.05, 0) is 52.7 Å². The topological polar surface area (TPSA) is 72.6 Å². The Morgan fingerprint density at radius 1 is 0.735 bits per heavy atom. The summed E-state index contributed by atoms with van der Waals surface area (Å²) in [6.45, 7) is 6.30. The van der Waals surface area contributed by atoms with Crippen LogP contribution in [0.5, 0.6) is 0 Å². The van der Waals surface area contributed by atoms with E-state index >= 15 is 0 Å². The lowest BCUT2D eigenvalue weighted by Gasteiger charge is -2.03. The number of rotatable bonds is 18. The number of cyclic esters (lactones) is 1. The van der Waals surface area contributed by atoms with Crippen molar-refractivity contribution in [2.24, 2.45) is 5.73 Å². The maximum atomic E-state index is 10.6. The monoisotopic (exact) mass is 484 g/mol. The molecule has 204 valence electrons. The molecule has 2 N–H and O–H groups in total. The molecule has 0 aliphatic carbocycles. The van der Waals surface area contributed by atoms with E-state index in [-0.39, 0.29) is 11.9 Å². The van der Waals surface area contributed by atoms with E-state index in [1.807, 2.05) is 0 Å². The molecule has 1 aliphatic rings. The van der Waals surface area contributed by atoms with Crippen LogP contribution in [0.3, 0.4) is 0 Å². The van der Waals surface area contributed by atoms with Gasteiger partial charge in [0.15, 0.2) is 0 Å². The van der Waals surface area contributed by atoms with Crippen molar-refractivity contribution in [2.75, 3.05) is 27.2 Å². The molecule has 0 aromatic heterocycles. The molecule has 34 heavy (non-hydrogen) atoms. The summed E-state index contributed by atoms with van der Waals surface area (Å²) in [5.41, 5.74) is 5.11. The molecule has 0 spiro atoms. The third kappa shape index (κ3) is 35.5. The van der Waals surface area contributed by atoms with Crippen molar-refractivity contribution in [2.45, 2.75) is 149 Å². The predicted octanol–water partition coefficient (Wildman–Crippen LogP) is 7.79. The number of carbonyl (C=O) groups is 2. The third-order valence-electron chi connectivity index (χ3n) is 5.99. The standard InChI is InChI=1S/C18H37NO.C6H10O2.C5H13N/c1-2-3-4-5-6-7-8-9-10-11-12-13-14-15-16-17-18(19)20;7-6-4-2-1-3-5-8-6;1-4-5-6(2)3/h2-17H2,1H3,(H2,19,20);1-5H2;4-5H2,1-3H3. The summed E-state index contributed by atoms with van der Waals surface area (Å²) < 4.78 is 4.76. The molecule has 0 aromatic rings. The van der Waals surface area contributed by atoms with Crippen LogP contribution < -0.4 is 5.73 Å². The van der Waals surface area contributed by atoms with E-state index in [0.717, 1.165) is 25.7 Å². The number of nitrogens with zero attached hydrogens (tertiary/aromatic N) is 1. The molecule has 1 saturated heterocycles. The van der Waals surface area contributed by atoms with Gasteiger partial charge in [-0.1, -0.05) is 104 Å². The summed E-state index contributed by atoms with van der Waals surface area (Å²) in [4.78, 5) is 23.2. The molecule has 1 rings (SSSR count). The smallest absolute Gasteiger partial charge is 0.305 e. The number of esters is 1. The number of ether oxygens (including phenoxy) is 1. The van der Waals surface area contributed by atoms with Crippen LogP contribution in [0.25, 0.3) is 0 Å². The van der Waals surface area contributed by atoms with Crippen LogP contribution in [0.15, 0.2) is 0 Å². The quantitative estimate of drug-likeness (QED) is 0.159. The maximum Gasteiger partial charge on any atom is 0.305 e. The van der Waals surface area contributed by atoms with Crippen LogP contribution >= 0.6 is 0 Å². The van der Waals surface area contributed by atoms with Gasteiger partial charge in [-0.15, -0.1) is 0 Å². The molecular weight excluding hydrogens is 424 g/mol. The zero-order chi connectivity index (χ0) is 25.7.